The van der Waals surface area contributed by atoms with Crippen LogP contribution in [0.3, 0.4) is 0 Å². The number of hydrogen-bond acceptors (Lipinski definition) is 7. The normalized spacial score (nSPS) is 16.4. The summed E-state index contributed by atoms with van der Waals surface area (Å²) in [4.78, 5) is 54.4. The molecule has 10 nitrogen and oxygen atoms in total. The Morgan fingerprint density at radius 3 is 2.32 bits per heavy atom. The third-order valence-electron chi connectivity index (χ3n) is 7.37. The fourth-order valence-electron chi connectivity index (χ4n) is 5.19. The molecule has 5 rings (SSSR count). The summed E-state index contributed by atoms with van der Waals surface area (Å²) in [7, 11) is 2.03. The van der Waals surface area contributed by atoms with Crippen LogP contribution >= 0.6 is 0 Å². The Morgan fingerprint density at radius 2 is 1.66 bits per heavy atom. The van der Waals surface area contributed by atoms with Gasteiger partial charge in [0.15, 0.2) is 0 Å². The summed E-state index contributed by atoms with van der Waals surface area (Å²) in [6.45, 7) is 6.15. The van der Waals surface area contributed by atoms with Crippen molar-refractivity contribution in [2.45, 2.75) is 32.4 Å². The molecular formula is C28H33N7O3. The molecule has 2 aliphatic rings. The van der Waals surface area contributed by atoms with Gasteiger partial charge in [0.25, 0.3) is 5.91 Å². The predicted octanol–water partition coefficient (Wildman–Crippen LogP) is 1.75. The molecular weight excluding hydrogens is 482 g/mol. The van der Waals surface area contributed by atoms with Crippen molar-refractivity contribution in [1.82, 2.24) is 30.0 Å². The summed E-state index contributed by atoms with van der Waals surface area (Å²) >= 11 is 0. The van der Waals surface area contributed by atoms with Crippen LogP contribution in [0.25, 0.3) is 10.9 Å². The molecule has 10 heteroatoms. The summed E-state index contributed by atoms with van der Waals surface area (Å²) in [6, 6.07) is 13.2. The van der Waals surface area contributed by atoms with Crippen LogP contribution in [0.2, 0.25) is 0 Å². The number of piperazine rings is 1. The number of likely N-dealkylation sites (N-methyl/N-ethyl adjacent to an activating group) is 2. The molecule has 3 N–H and O–H groups in total. The molecule has 0 aliphatic carbocycles. The minimum absolute atomic E-state index is 0.0100. The third-order valence-corrected chi connectivity index (χ3v) is 7.37. The number of benzene rings is 2. The molecule has 1 fully saturated rings. The summed E-state index contributed by atoms with van der Waals surface area (Å²) in [5.74, 6) is -1.23. The highest BCUT2D eigenvalue weighted by Gasteiger charge is 2.30. The largest absolute Gasteiger partial charge is 0.368 e. The summed E-state index contributed by atoms with van der Waals surface area (Å²) in [5.41, 5.74) is 9.53. The van der Waals surface area contributed by atoms with Crippen molar-refractivity contribution in [2.75, 3.05) is 45.5 Å². The van der Waals surface area contributed by atoms with Gasteiger partial charge in [0, 0.05) is 57.6 Å². The van der Waals surface area contributed by atoms with E-state index >= 15 is 0 Å². The van der Waals surface area contributed by atoms with E-state index in [9.17, 15) is 14.4 Å². The Balaban J connectivity index is 1.47. The van der Waals surface area contributed by atoms with Crippen molar-refractivity contribution < 1.29 is 14.4 Å². The number of nitrogen functional groups attached to an aromatic ring is 1. The van der Waals surface area contributed by atoms with Crippen LogP contribution in [0, 0.1) is 0 Å². The van der Waals surface area contributed by atoms with E-state index in [1.807, 2.05) is 43.1 Å². The van der Waals surface area contributed by atoms with Crippen molar-refractivity contribution in [3.8, 4) is 0 Å². The molecule has 198 valence electrons. The van der Waals surface area contributed by atoms with E-state index in [-0.39, 0.29) is 35.8 Å². The molecule has 1 atom stereocenters. The smallest absolute Gasteiger partial charge is 0.273 e. The Hall–Kier alpha value is -4.05. The fraction of sp³-hybridized carbons (Fsp3) is 0.393. The SMILES string of the molecule is CCNC(=O)C(CC(=O)N1CCN(C)CC1)c1ccc2nc(N)nc(C(=O)N3Cc4ccccc4C3)c2c1. The zero-order valence-corrected chi connectivity index (χ0v) is 21.8. The van der Waals surface area contributed by atoms with Crippen LogP contribution < -0.4 is 11.1 Å². The van der Waals surface area contributed by atoms with Crippen LogP contribution in [-0.4, -0.2) is 82.2 Å². The molecule has 0 radical (unpaired) electrons. The first-order chi connectivity index (χ1) is 18.3. The second-order valence-corrected chi connectivity index (χ2v) is 9.97. The maximum absolute atomic E-state index is 13.6. The van der Waals surface area contributed by atoms with Crippen molar-refractivity contribution in [1.29, 1.82) is 0 Å². The number of aromatic nitrogens is 2. The Labute approximate surface area is 221 Å². The number of rotatable bonds is 6. The van der Waals surface area contributed by atoms with Gasteiger partial charge in [-0.2, -0.15) is 0 Å². The number of carbonyl (C=O) groups excluding carboxylic acids is 3. The van der Waals surface area contributed by atoms with Crippen LogP contribution in [0.1, 0.15) is 46.4 Å². The first-order valence-corrected chi connectivity index (χ1v) is 13.0. The number of nitrogens with two attached hydrogens (primary N) is 1. The zero-order valence-electron chi connectivity index (χ0n) is 21.8. The molecule has 0 saturated carbocycles. The van der Waals surface area contributed by atoms with Gasteiger partial charge in [-0.15, -0.1) is 0 Å². The molecule has 3 aromatic rings. The second kappa shape index (κ2) is 10.7. The van der Waals surface area contributed by atoms with E-state index in [0.717, 1.165) is 24.2 Å². The number of anilines is 1. The topological polar surface area (TPSA) is 125 Å². The lowest BCUT2D eigenvalue weighted by molar-refractivity contribution is -0.135. The maximum Gasteiger partial charge on any atom is 0.273 e. The first kappa shape index (κ1) is 25.6. The van der Waals surface area contributed by atoms with E-state index < -0.39 is 5.92 Å². The molecule has 38 heavy (non-hydrogen) atoms. The van der Waals surface area contributed by atoms with Gasteiger partial charge in [-0.1, -0.05) is 30.3 Å². The Bertz CT molecular complexity index is 1360. The van der Waals surface area contributed by atoms with Crippen molar-refractivity contribution in [3.63, 3.8) is 0 Å². The van der Waals surface area contributed by atoms with Crippen molar-refractivity contribution in [3.05, 3.63) is 64.8 Å². The highest BCUT2D eigenvalue weighted by atomic mass is 16.2. The molecule has 2 aromatic carbocycles. The average Bonchev–Trinajstić information content (AvgIpc) is 3.35. The molecule has 0 bridgehead atoms. The first-order valence-electron chi connectivity index (χ1n) is 13.0. The fourth-order valence-corrected chi connectivity index (χ4v) is 5.19. The lowest BCUT2D eigenvalue weighted by Gasteiger charge is -2.33. The summed E-state index contributed by atoms with van der Waals surface area (Å²) < 4.78 is 0. The van der Waals surface area contributed by atoms with Crippen LogP contribution in [0.4, 0.5) is 5.95 Å². The number of fused-ring (bicyclic) bond motifs is 2. The van der Waals surface area contributed by atoms with Crippen LogP contribution in [0.15, 0.2) is 42.5 Å². The van der Waals surface area contributed by atoms with Gasteiger partial charge in [-0.3, -0.25) is 14.4 Å². The summed E-state index contributed by atoms with van der Waals surface area (Å²) in [5, 5.41) is 3.38. The highest BCUT2D eigenvalue weighted by Crippen LogP contribution is 2.29. The van der Waals surface area contributed by atoms with E-state index in [2.05, 4.69) is 20.2 Å². The lowest BCUT2D eigenvalue weighted by atomic mass is 9.92. The lowest BCUT2D eigenvalue weighted by Crippen LogP contribution is -2.47. The number of nitrogens with one attached hydrogen (secondary N) is 1. The number of hydrogen-bond donors (Lipinski definition) is 2. The van der Waals surface area contributed by atoms with Crippen LogP contribution in [0.5, 0.6) is 0 Å². The molecule has 0 spiro atoms. The number of nitrogens with zero attached hydrogens (tertiary/aromatic N) is 5. The number of amides is 3. The zero-order chi connectivity index (χ0) is 26.8. The van der Waals surface area contributed by atoms with E-state index in [0.29, 0.717) is 49.2 Å². The third kappa shape index (κ3) is 5.17. The van der Waals surface area contributed by atoms with Gasteiger partial charge in [0.2, 0.25) is 17.8 Å². The summed E-state index contributed by atoms with van der Waals surface area (Å²) in [6.07, 6.45) is 0.0433. The van der Waals surface area contributed by atoms with Gasteiger partial charge in [0.05, 0.1) is 11.4 Å². The second-order valence-electron chi connectivity index (χ2n) is 9.97. The quantitative estimate of drug-likeness (QED) is 0.512. The van der Waals surface area contributed by atoms with Crippen molar-refractivity contribution in [2.24, 2.45) is 0 Å². The van der Waals surface area contributed by atoms with E-state index in [4.69, 9.17) is 5.73 Å². The molecule has 1 unspecified atom stereocenters. The predicted molar refractivity (Wildman–Crippen MR) is 144 cm³/mol. The van der Waals surface area contributed by atoms with Gasteiger partial charge >= 0.3 is 0 Å². The van der Waals surface area contributed by atoms with Gasteiger partial charge in [-0.25, -0.2) is 9.97 Å². The van der Waals surface area contributed by atoms with E-state index in [1.54, 1.807) is 23.1 Å². The minimum atomic E-state index is -0.706. The molecule has 1 aromatic heterocycles. The Morgan fingerprint density at radius 1 is 0.974 bits per heavy atom. The van der Waals surface area contributed by atoms with E-state index in [1.165, 1.54) is 0 Å². The molecule has 3 heterocycles. The maximum atomic E-state index is 13.6. The molecule has 1 saturated heterocycles. The van der Waals surface area contributed by atoms with Crippen LogP contribution in [-0.2, 0) is 22.7 Å². The number of carbonyl (C=O) groups is 3. The highest BCUT2D eigenvalue weighted by molar-refractivity contribution is 6.05. The Kier molecular flexibility index (Phi) is 7.24. The van der Waals surface area contributed by atoms with Gasteiger partial charge in [0.1, 0.15) is 5.69 Å². The van der Waals surface area contributed by atoms with Crippen molar-refractivity contribution >= 4 is 34.6 Å². The monoisotopic (exact) mass is 515 g/mol. The standard InChI is InChI=1S/C28H33N7O3/c1-3-30-26(37)21(15-24(36)34-12-10-33(2)11-13-34)18-8-9-23-22(14-18)25(32-28(29)31-23)27(38)35-16-19-6-4-5-7-20(19)17-35/h4-9,14,21H,3,10-13,15-17H2,1-2H3,(H,30,37)(H2,29,31,32). The molecule has 2 aliphatic heterocycles. The average molecular weight is 516 g/mol. The minimum Gasteiger partial charge on any atom is -0.368 e. The van der Waals surface area contributed by atoms with Gasteiger partial charge < -0.3 is 25.8 Å². The molecule has 3 amide bonds. The van der Waals surface area contributed by atoms with Gasteiger partial charge in [-0.05, 0) is 42.8 Å².